The van der Waals surface area contributed by atoms with Crippen molar-refractivity contribution in [3.63, 3.8) is 0 Å². The van der Waals surface area contributed by atoms with Crippen LogP contribution >= 0.6 is 0 Å². The van der Waals surface area contributed by atoms with Gasteiger partial charge in [-0.05, 0) is 37.6 Å². The number of nitrogens with zero attached hydrogens (tertiary/aromatic N) is 6. The van der Waals surface area contributed by atoms with Crippen molar-refractivity contribution in [1.29, 1.82) is 0 Å². The van der Waals surface area contributed by atoms with Crippen molar-refractivity contribution in [1.82, 2.24) is 29.7 Å². The Balaban J connectivity index is 1.30. The van der Waals surface area contributed by atoms with E-state index in [-0.39, 0.29) is 29.1 Å². The number of aromatic nitrogens is 3. The molecule has 220 valence electrons. The van der Waals surface area contributed by atoms with Crippen molar-refractivity contribution in [2.75, 3.05) is 63.1 Å². The molecule has 3 aliphatic rings. The number of anilines is 2. The van der Waals surface area contributed by atoms with Crippen LogP contribution in [-0.4, -0.2) is 101 Å². The van der Waals surface area contributed by atoms with Gasteiger partial charge in [0.1, 0.15) is 5.82 Å². The number of benzene rings is 1. The van der Waals surface area contributed by atoms with E-state index in [1.807, 2.05) is 9.42 Å². The molecule has 2 saturated heterocycles. The highest BCUT2D eigenvalue weighted by Gasteiger charge is 2.42. The SMILES string of the molecule is C[C@@H]1CN(CC(=O)N2CC(C)(C)c3c2cc(Cc2ccc(F)cc2)c2nc(N)nn32)[C@@H](CN2CCOC[C@H]2C)CN1. The Labute approximate surface area is 240 Å². The van der Waals surface area contributed by atoms with Gasteiger partial charge >= 0.3 is 0 Å². The van der Waals surface area contributed by atoms with E-state index in [1.54, 1.807) is 12.1 Å². The first-order valence-electron chi connectivity index (χ1n) is 14.6. The molecule has 0 radical (unpaired) electrons. The zero-order valence-corrected chi connectivity index (χ0v) is 24.4. The van der Waals surface area contributed by atoms with Crippen LogP contribution in [0.1, 0.15) is 44.5 Å². The number of morpholine rings is 1. The molecule has 3 N–H and O–H groups in total. The topological polar surface area (TPSA) is 104 Å². The average Bonchev–Trinajstić information content (AvgIpc) is 3.44. The smallest absolute Gasteiger partial charge is 0.241 e. The van der Waals surface area contributed by atoms with Crippen LogP contribution in [0, 0.1) is 5.82 Å². The maximum Gasteiger partial charge on any atom is 0.241 e. The lowest BCUT2D eigenvalue weighted by Gasteiger charge is -2.43. The van der Waals surface area contributed by atoms with Crippen molar-refractivity contribution in [2.24, 2.45) is 0 Å². The van der Waals surface area contributed by atoms with Gasteiger partial charge in [0.05, 0.1) is 31.1 Å². The molecule has 6 rings (SSSR count). The standard InChI is InChI=1S/C30H41FN8O2/c1-19-14-37(24(13-33-19)15-36-9-10-41-17-20(36)2)16-26(40)38-18-30(3,4)27-25(38)12-22(28-34-29(32)35-39(27)28)11-21-5-7-23(31)8-6-21/h5-8,12,19-20,24,33H,9-11,13-18H2,1-4H3,(H2,32,35)/t19-,20-,24-/m1/s1. The highest BCUT2D eigenvalue weighted by molar-refractivity contribution is 5.97. The second-order valence-electron chi connectivity index (χ2n) is 12.6. The number of amides is 1. The molecule has 2 aromatic heterocycles. The van der Waals surface area contributed by atoms with Crippen LogP contribution in [-0.2, 0) is 21.4 Å². The molecule has 5 heterocycles. The van der Waals surface area contributed by atoms with E-state index in [0.29, 0.717) is 37.2 Å². The number of carbonyl (C=O) groups excluding carboxylic acids is 1. The fraction of sp³-hybridized carbons (Fsp3) is 0.567. The van der Waals surface area contributed by atoms with E-state index < -0.39 is 0 Å². The van der Waals surface area contributed by atoms with Gasteiger partial charge in [0, 0.05) is 68.2 Å². The van der Waals surface area contributed by atoms with E-state index >= 15 is 0 Å². The minimum absolute atomic E-state index is 0.0751. The second-order valence-corrected chi connectivity index (χ2v) is 12.6. The molecule has 3 aliphatic heterocycles. The highest BCUT2D eigenvalue weighted by atomic mass is 19.1. The molecule has 1 amide bonds. The number of nitrogen functional groups attached to an aromatic ring is 1. The van der Waals surface area contributed by atoms with Gasteiger partial charge in [-0.2, -0.15) is 4.98 Å². The molecule has 0 bridgehead atoms. The monoisotopic (exact) mass is 564 g/mol. The molecular formula is C30H41FN8O2. The average molecular weight is 565 g/mol. The van der Waals surface area contributed by atoms with Gasteiger partial charge in [0.2, 0.25) is 11.9 Å². The fourth-order valence-corrected chi connectivity index (χ4v) is 6.64. The second kappa shape index (κ2) is 10.9. The first-order valence-corrected chi connectivity index (χ1v) is 14.6. The summed E-state index contributed by atoms with van der Waals surface area (Å²) in [6, 6.07) is 9.42. The number of hydrogen-bond acceptors (Lipinski definition) is 8. The lowest BCUT2D eigenvalue weighted by atomic mass is 9.90. The number of pyridine rings is 1. The zero-order valence-electron chi connectivity index (χ0n) is 24.4. The number of nitrogens with one attached hydrogen (secondary N) is 1. The van der Waals surface area contributed by atoms with E-state index in [2.05, 4.69) is 59.0 Å². The quantitative estimate of drug-likeness (QED) is 0.469. The largest absolute Gasteiger partial charge is 0.379 e. The third-order valence-electron chi connectivity index (χ3n) is 8.79. The molecule has 0 spiro atoms. The summed E-state index contributed by atoms with van der Waals surface area (Å²) >= 11 is 0. The molecule has 41 heavy (non-hydrogen) atoms. The molecule has 3 aromatic rings. The maximum absolute atomic E-state index is 14.1. The Hall–Kier alpha value is -3.12. The third-order valence-corrected chi connectivity index (χ3v) is 8.79. The molecule has 10 nitrogen and oxygen atoms in total. The molecule has 11 heteroatoms. The molecule has 3 atom stereocenters. The molecule has 0 unspecified atom stereocenters. The third kappa shape index (κ3) is 5.55. The van der Waals surface area contributed by atoms with Crippen LogP contribution in [0.5, 0.6) is 0 Å². The van der Waals surface area contributed by atoms with Crippen molar-refractivity contribution < 1.29 is 13.9 Å². The van der Waals surface area contributed by atoms with E-state index in [9.17, 15) is 9.18 Å². The van der Waals surface area contributed by atoms with Crippen LogP contribution < -0.4 is 16.0 Å². The van der Waals surface area contributed by atoms with Gasteiger partial charge in [0.25, 0.3) is 0 Å². The lowest BCUT2D eigenvalue weighted by Crippen LogP contribution is -2.62. The zero-order chi connectivity index (χ0) is 28.9. The predicted octanol–water partition coefficient (Wildman–Crippen LogP) is 2.05. The van der Waals surface area contributed by atoms with Crippen LogP contribution in [0.2, 0.25) is 0 Å². The molecule has 0 aliphatic carbocycles. The number of nitrogens with two attached hydrogens (primary N) is 1. The van der Waals surface area contributed by atoms with Crippen LogP contribution in [0.25, 0.3) is 5.65 Å². The highest BCUT2D eigenvalue weighted by Crippen LogP contribution is 2.42. The Morgan fingerprint density at radius 1 is 1.22 bits per heavy atom. The normalized spacial score (nSPS) is 25.1. The summed E-state index contributed by atoms with van der Waals surface area (Å²) in [5.41, 5.74) is 10.0. The Kier molecular flexibility index (Phi) is 7.48. The van der Waals surface area contributed by atoms with Crippen molar-refractivity contribution in [3.8, 4) is 0 Å². The molecule has 2 fully saturated rings. The van der Waals surface area contributed by atoms with Gasteiger partial charge in [-0.1, -0.05) is 26.0 Å². The van der Waals surface area contributed by atoms with Crippen molar-refractivity contribution in [3.05, 3.63) is 53.0 Å². The van der Waals surface area contributed by atoms with Gasteiger partial charge in [-0.25, -0.2) is 8.91 Å². The number of rotatable bonds is 6. The predicted molar refractivity (Wildman–Crippen MR) is 157 cm³/mol. The first kappa shape index (κ1) is 28.0. The van der Waals surface area contributed by atoms with E-state index in [0.717, 1.165) is 61.9 Å². The van der Waals surface area contributed by atoms with Gasteiger partial charge in [0.15, 0.2) is 5.65 Å². The molecular weight excluding hydrogens is 523 g/mol. The fourth-order valence-electron chi connectivity index (χ4n) is 6.64. The number of halogens is 1. The summed E-state index contributed by atoms with van der Waals surface area (Å²) in [6.07, 6.45) is 0.521. The van der Waals surface area contributed by atoms with E-state index in [1.165, 1.54) is 12.1 Å². The van der Waals surface area contributed by atoms with Crippen LogP contribution in [0.3, 0.4) is 0 Å². The summed E-state index contributed by atoms with van der Waals surface area (Å²) in [7, 11) is 0. The first-order chi connectivity index (χ1) is 19.6. The van der Waals surface area contributed by atoms with Crippen molar-refractivity contribution in [2.45, 2.75) is 57.7 Å². The Morgan fingerprint density at radius 3 is 2.76 bits per heavy atom. The maximum atomic E-state index is 14.1. The summed E-state index contributed by atoms with van der Waals surface area (Å²) < 4.78 is 21.0. The minimum Gasteiger partial charge on any atom is -0.379 e. The summed E-state index contributed by atoms with van der Waals surface area (Å²) in [5.74, 6) is -0.0119. The van der Waals surface area contributed by atoms with Gasteiger partial charge in [-0.3, -0.25) is 14.6 Å². The number of fused-ring (bicyclic) bond motifs is 3. The number of hydrogen-bond donors (Lipinski definition) is 2. The number of ether oxygens (including phenoxy) is 1. The van der Waals surface area contributed by atoms with Gasteiger partial charge < -0.3 is 20.7 Å². The van der Waals surface area contributed by atoms with Crippen LogP contribution in [0.15, 0.2) is 30.3 Å². The number of piperazine rings is 1. The summed E-state index contributed by atoms with van der Waals surface area (Å²) in [5, 5.41) is 8.17. The van der Waals surface area contributed by atoms with Crippen LogP contribution in [0.4, 0.5) is 16.0 Å². The summed E-state index contributed by atoms with van der Waals surface area (Å²) in [6.45, 7) is 14.5. The molecule has 0 saturated carbocycles. The lowest BCUT2D eigenvalue weighted by molar-refractivity contribution is -0.121. The minimum atomic E-state index is -0.350. The van der Waals surface area contributed by atoms with E-state index in [4.69, 9.17) is 10.5 Å². The van der Waals surface area contributed by atoms with Crippen molar-refractivity contribution >= 4 is 23.2 Å². The summed E-state index contributed by atoms with van der Waals surface area (Å²) in [4.78, 5) is 25.4. The number of carbonyl (C=O) groups is 1. The Morgan fingerprint density at radius 2 is 2.00 bits per heavy atom. The van der Waals surface area contributed by atoms with Gasteiger partial charge in [-0.15, -0.1) is 5.10 Å². The molecule has 1 aromatic carbocycles. The Bertz CT molecular complexity index is 1420.